The van der Waals surface area contributed by atoms with Crippen LogP contribution in [0.4, 0.5) is 5.69 Å². The zero-order chi connectivity index (χ0) is 12.8. The molecule has 0 spiro atoms. The van der Waals surface area contributed by atoms with E-state index >= 15 is 0 Å². The van der Waals surface area contributed by atoms with Gasteiger partial charge >= 0.3 is 0 Å². The minimum Gasteiger partial charge on any atom is -0.387 e. The Labute approximate surface area is 103 Å². The fraction of sp³-hybridized carbons (Fsp3) is 0.538. The normalized spacial score (nSPS) is 10.4. The molecule has 1 aromatic rings. The zero-order valence-corrected chi connectivity index (χ0v) is 11.0. The predicted octanol–water partition coefficient (Wildman–Crippen LogP) is 2.24. The lowest BCUT2D eigenvalue weighted by atomic mass is 10.1. The van der Waals surface area contributed by atoms with Crippen LogP contribution in [0.3, 0.4) is 0 Å². The summed E-state index contributed by atoms with van der Waals surface area (Å²) in [5.41, 5.74) is 1.45. The molecule has 0 saturated heterocycles. The van der Waals surface area contributed by atoms with E-state index in [1.165, 1.54) is 0 Å². The number of pyridine rings is 1. The Hall–Kier alpha value is -1.58. The molecule has 0 bridgehead atoms. The molecule has 17 heavy (non-hydrogen) atoms. The number of rotatable bonds is 5. The summed E-state index contributed by atoms with van der Waals surface area (Å²) in [6, 6.07) is 1.81. The first-order valence-electron chi connectivity index (χ1n) is 5.93. The average Bonchev–Trinajstić information content (AvgIpc) is 2.34. The van der Waals surface area contributed by atoms with Crippen molar-refractivity contribution in [3.8, 4) is 0 Å². The number of hydrogen-bond donors (Lipinski definition) is 1. The van der Waals surface area contributed by atoms with Crippen molar-refractivity contribution in [2.45, 2.75) is 20.3 Å². The van der Waals surface area contributed by atoms with Gasteiger partial charge in [0.2, 0.25) is 0 Å². The topological polar surface area (TPSA) is 45.2 Å². The monoisotopic (exact) mass is 235 g/mol. The van der Waals surface area contributed by atoms with Crippen LogP contribution >= 0.6 is 0 Å². The number of hydrogen-bond acceptors (Lipinski definition) is 3. The third-order valence-electron chi connectivity index (χ3n) is 2.71. The second-order valence-electron chi connectivity index (χ2n) is 4.58. The van der Waals surface area contributed by atoms with E-state index in [1.54, 1.807) is 24.3 Å². The lowest BCUT2D eigenvalue weighted by Crippen LogP contribution is -2.29. The Morgan fingerprint density at radius 1 is 1.53 bits per heavy atom. The van der Waals surface area contributed by atoms with Crippen LogP contribution in [0, 0.1) is 5.92 Å². The molecule has 1 amide bonds. The number of nitrogens with one attached hydrogen (secondary N) is 1. The minimum absolute atomic E-state index is 0.0168. The first-order chi connectivity index (χ1) is 8.06. The molecule has 94 valence electrons. The van der Waals surface area contributed by atoms with E-state index in [9.17, 15) is 4.79 Å². The van der Waals surface area contributed by atoms with Gasteiger partial charge in [-0.1, -0.05) is 13.8 Å². The first kappa shape index (κ1) is 13.5. The van der Waals surface area contributed by atoms with Crippen LogP contribution < -0.4 is 5.32 Å². The van der Waals surface area contributed by atoms with Crippen LogP contribution in [-0.2, 0) is 0 Å². The van der Waals surface area contributed by atoms with Crippen LogP contribution in [0.2, 0.25) is 0 Å². The van der Waals surface area contributed by atoms with Crippen molar-refractivity contribution in [1.82, 2.24) is 9.88 Å². The highest BCUT2D eigenvalue weighted by molar-refractivity contribution is 5.99. The highest BCUT2D eigenvalue weighted by Gasteiger charge is 2.15. The van der Waals surface area contributed by atoms with Crippen molar-refractivity contribution in [3.05, 3.63) is 24.0 Å². The van der Waals surface area contributed by atoms with Gasteiger partial charge in [-0.05, 0) is 18.4 Å². The summed E-state index contributed by atoms with van der Waals surface area (Å²) < 4.78 is 0. The summed E-state index contributed by atoms with van der Waals surface area (Å²) >= 11 is 0. The maximum atomic E-state index is 12.2. The van der Waals surface area contributed by atoms with Crippen molar-refractivity contribution in [3.63, 3.8) is 0 Å². The largest absolute Gasteiger partial charge is 0.387 e. The van der Waals surface area contributed by atoms with E-state index in [4.69, 9.17) is 0 Å². The number of amides is 1. The van der Waals surface area contributed by atoms with Gasteiger partial charge in [-0.3, -0.25) is 9.78 Å². The summed E-state index contributed by atoms with van der Waals surface area (Å²) in [4.78, 5) is 17.9. The number of aromatic nitrogens is 1. The Morgan fingerprint density at radius 2 is 2.24 bits per heavy atom. The van der Waals surface area contributed by atoms with Gasteiger partial charge in [0.05, 0.1) is 5.56 Å². The fourth-order valence-corrected chi connectivity index (χ4v) is 1.54. The second kappa shape index (κ2) is 6.23. The van der Waals surface area contributed by atoms with E-state index in [-0.39, 0.29) is 5.91 Å². The Bertz CT molecular complexity index is 377. The van der Waals surface area contributed by atoms with Crippen molar-refractivity contribution in [2.24, 2.45) is 5.92 Å². The Morgan fingerprint density at radius 3 is 2.82 bits per heavy atom. The van der Waals surface area contributed by atoms with Crippen molar-refractivity contribution < 1.29 is 4.79 Å². The first-order valence-corrected chi connectivity index (χ1v) is 5.93. The molecule has 0 fully saturated rings. The molecule has 0 unspecified atom stereocenters. The second-order valence-corrected chi connectivity index (χ2v) is 4.58. The standard InChI is InChI=1S/C13H21N3O/c1-10(2)6-8-16(4)13(17)11-9-15-7-5-12(11)14-3/h5,7,9-10H,6,8H2,1-4H3,(H,14,15). The van der Waals surface area contributed by atoms with Crippen LogP contribution in [0.15, 0.2) is 18.5 Å². The van der Waals surface area contributed by atoms with Crippen LogP contribution in [0.1, 0.15) is 30.6 Å². The summed E-state index contributed by atoms with van der Waals surface area (Å²) in [6.07, 6.45) is 4.30. The molecule has 1 rings (SSSR count). The van der Waals surface area contributed by atoms with Gasteiger partial charge in [0.15, 0.2) is 0 Å². The van der Waals surface area contributed by atoms with Crippen molar-refractivity contribution in [1.29, 1.82) is 0 Å². The van der Waals surface area contributed by atoms with E-state index in [1.807, 2.05) is 13.1 Å². The molecule has 0 aromatic carbocycles. The maximum Gasteiger partial charge on any atom is 0.257 e. The third-order valence-corrected chi connectivity index (χ3v) is 2.71. The molecular weight excluding hydrogens is 214 g/mol. The van der Waals surface area contributed by atoms with E-state index in [0.717, 1.165) is 18.7 Å². The van der Waals surface area contributed by atoms with Gasteiger partial charge in [0.1, 0.15) is 0 Å². The van der Waals surface area contributed by atoms with Gasteiger partial charge in [-0.25, -0.2) is 0 Å². The summed E-state index contributed by atoms with van der Waals surface area (Å²) in [5, 5.41) is 3.01. The highest BCUT2D eigenvalue weighted by atomic mass is 16.2. The lowest BCUT2D eigenvalue weighted by molar-refractivity contribution is 0.0789. The zero-order valence-electron chi connectivity index (χ0n) is 11.0. The molecule has 0 radical (unpaired) electrons. The highest BCUT2D eigenvalue weighted by Crippen LogP contribution is 2.15. The smallest absolute Gasteiger partial charge is 0.257 e. The van der Waals surface area contributed by atoms with Crippen molar-refractivity contribution >= 4 is 11.6 Å². The number of carbonyl (C=O) groups is 1. The molecular formula is C13H21N3O. The van der Waals surface area contributed by atoms with Gasteiger partial charge < -0.3 is 10.2 Å². The molecule has 4 heteroatoms. The molecule has 0 aliphatic carbocycles. The molecule has 1 aromatic heterocycles. The third kappa shape index (κ3) is 3.73. The van der Waals surface area contributed by atoms with Gasteiger partial charge in [0.25, 0.3) is 5.91 Å². The Balaban J connectivity index is 2.74. The van der Waals surface area contributed by atoms with Crippen LogP contribution in [0.5, 0.6) is 0 Å². The molecule has 1 N–H and O–H groups in total. The fourth-order valence-electron chi connectivity index (χ4n) is 1.54. The predicted molar refractivity (Wildman–Crippen MR) is 70.2 cm³/mol. The van der Waals surface area contributed by atoms with Crippen LogP contribution in [-0.4, -0.2) is 36.4 Å². The van der Waals surface area contributed by atoms with E-state index in [2.05, 4.69) is 24.1 Å². The van der Waals surface area contributed by atoms with E-state index < -0.39 is 0 Å². The average molecular weight is 235 g/mol. The summed E-state index contributed by atoms with van der Waals surface area (Å²) in [6.45, 7) is 5.08. The minimum atomic E-state index is 0.0168. The Kier molecular flexibility index (Phi) is 4.94. The van der Waals surface area contributed by atoms with Gasteiger partial charge in [-0.15, -0.1) is 0 Å². The van der Waals surface area contributed by atoms with Crippen molar-refractivity contribution in [2.75, 3.05) is 26.0 Å². The maximum absolute atomic E-state index is 12.2. The van der Waals surface area contributed by atoms with E-state index in [0.29, 0.717) is 11.5 Å². The number of nitrogens with zero attached hydrogens (tertiary/aromatic N) is 2. The van der Waals surface area contributed by atoms with Gasteiger partial charge in [-0.2, -0.15) is 0 Å². The number of anilines is 1. The number of carbonyl (C=O) groups excluding carboxylic acids is 1. The molecule has 0 aliphatic rings. The van der Waals surface area contributed by atoms with Crippen LogP contribution in [0.25, 0.3) is 0 Å². The lowest BCUT2D eigenvalue weighted by Gasteiger charge is -2.19. The SMILES string of the molecule is CNc1ccncc1C(=O)N(C)CCC(C)C. The quantitative estimate of drug-likeness (QED) is 0.851. The summed E-state index contributed by atoms with van der Waals surface area (Å²) in [5.74, 6) is 0.617. The molecule has 0 aliphatic heterocycles. The molecule has 0 saturated carbocycles. The molecule has 0 atom stereocenters. The summed E-state index contributed by atoms with van der Waals surface area (Å²) in [7, 11) is 3.64. The van der Waals surface area contributed by atoms with Gasteiger partial charge in [0, 0.05) is 38.7 Å². The molecule has 4 nitrogen and oxygen atoms in total. The molecule has 1 heterocycles.